The second kappa shape index (κ2) is 7.86. The first-order valence-corrected chi connectivity index (χ1v) is 11.2. The average molecular weight is 422 g/mol. The van der Waals surface area contributed by atoms with E-state index in [4.69, 9.17) is 9.40 Å². The van der Waals surface area contributed by atoms with Gasteiger partial charge in [0.25, 0.3) is 0 Å². The molecule has 4 aromatic heterocycles. The van der Waals surface area contributed by atoms with Crippen molar-refractivity contribution in [3.05, 3.63) is 77.7 Å². The molecule has 5 aromatic rings. The molecule has 0 saturated heterocycles. The van der Waals surface area contributed by atoms with Gasteiger partial charge in [-0.05, 0) is 66.8 Å². The lowest BCUT2D eigenvalue weighted by Crippen LogP contribution is -1.99. The zero-order valence-electron chi connectivity index (χ0n) is 19.2. The number of nitrogens with zero attached hydrogens (tertiary/aromatic N) is 3. The average Bonchev–Trinajstić information content (AvgIpc) is 3.16. The molecule has 0 amide bonds. The van der Waals surface area contributed by atoms with Crippen LogP contribution < -0.4 is 0 Å². The summed E-state index contributed by atoms with van der Waals surface area (Å²) in [5.74, 6) is 0.810. The van der Waals surface area contributed by atoms with Gasteiger partial charge >= 0.3 is 0 Å². The Kier molecular flexibility index (Phi) is 5.01. The van der Waals surface area contributed by atoms with Crippen molar-refractivity contribution in [3.63, 3.8) is 0 Å². The third kappa shape index (κ3) is 3.56. The Morgan fingerprint density at radius 1 is 0.781 bits per heavy atom. The van der Waals surface area contributed by atoms with Crippen LogP contribution in [-0.2, 0) is 0 Å². The van der Waals surface area contributed by atoms with E-state index in [0.717, 1.165) is 50.3 Å². The molecule has 0 spiro atoms. The van der Waals surface area contributed by atoms with Gasteiger partial charge < -0.3 is 4.42 Å². The summed E-state index contributed by atoms with van der Waals surface area (Å²) in [5, 5.41) is 2.08. The van der Waals surface area contributed by atoms with Gasteiger partial charge in [0.15, 0.2) is 0 Å². The molecule has 4 heterocycles. The molecule has 5 rings (SSSR count). The quantitative estimate of drug-likeness (QED) is 0.299. The van der Waals surface area contributed by atoms with Gasteiger partial charge in [0.2, 0.25) is 5.71 Å². The van der Waals surface area contributed by atoms with Gasteiger partial charge in [-0.1, -0.05) is 39.8 Å². The number of benzene rings is 1. The number of pyridine rings is 3. The van der Waals surface area contributed by atoms with Crippen LogP contribution in [0.1, 0.15) is 56.5 Å². The summed E-state index contributed by atoms with van der Waals surface area (Å²) in [7, 11) is 0. The summed E-state index contributed by atoms with van der Waals surface area (Å²) in [6.07, 6.45) is 1.85. The monoisotopic (exact) mass is 421 g/mol. The van der Waals surface area contributed by atoms with Gasteiger partial charge in [0.05, 0.1) is 11.4 Å². The minimum atomic E-state index is 0.369. The molecule has 4 heteroatoms. The minimum absolute atomic E-state index is 0.369. The highest BCUT2D eigenvalue weighted by atomic mass is 16.3. The van der Waals surface area contributed by atoms with E-state index >= 15 is 0 Å². The zero-order valence-corrected chi connectivity index (χ0v) is 19.2. The van der Waals surface area contributed by atoms with Crippen molar-refractivity contribution in [3.8, 4) is 22.5 Å². The van der Waals surface area contributed by atoms with Crippen LogP contribution in [0.5, 0.6) is 0 Å². The topological polar surface area (TPSA) is 51.8 Å². The lowest BCUT2D eigenvalue weighted by molar-refractivity contribution is 0.653. The molecule has 32 heavy (non-hydrogen) atoms. The third-order valence-corrected chi connectivity index (χ3v) is 5.96. The van der Waals surface area contributed by atoms with Gasteiger partial charge in [0.1, 0.15) is 5.58 Å². The normalized spacial score (nSPS) is 11.8. The summed E-state index contributed by atoms with van der Waals surface area (Å²) in [5.41, 5.74) is 8.71. The highest BCUT2D eigenvalue weighted by Crippen LogP contribution is 2.35. The molecular formula is C28H27N3O. The van der Waals surface area contributed by atoms with Crippen molar-refractivity contribution in [2.24, 2.45) is 0 Å². The van der Waals surface area contributed by atoms with Crippen LogP contribution >= 0.6 is 0 Å². The molecule has 0 radical (unpaired) electrons. The highest BCUT2D eigenvalue weighted by molar-refractivity contribution is 6.08. The van der Waals surface area contributed by atoms with E-state index < -0.39 is 0 Å². The van der Waals surface area contributed by atoms with Crippen molar-refractivity contribution in [2.75, 3.05) is 0 Å². The van der Waals surface area contributed by atoms with Crippen molar-refractivity contribution < 1.29 is 4.42 Å². The molecule has 1 aromatic carbocycles. The number of para-hydroxylation sites is 1. The predicted octanol–water partition coefficient (Wildman–Crippen LogP) is 7.66. The van der Waals surface area contributed by atoms with Crippen LogP contribution in [0.15, 0.2) is 65.2 Å². The summed E-state index contributed by atoms with van der Waals surface area (Å²) < 4.78 is 6.20. The van der Waals surface area contributed by atoms with Crippen molar-refractivity contribution in [2.45, 2.75) is 46.5 Å². The van der Waals surface area contributed by atoms with Crippen LogP contribution in [0.2, 0.25) is 0 Å². The fraction of sp³-hybridized carbons (Fsp3) is 0.250. The fourth-order valence-electron chi connectivity index (χ4n) is 4.06. The number of aryl methyl sites for hydroxylation is 1. The lowest BCUT2D eigenvalue weighted by atomic mass is 9.97. The molecule has 4 nitrogen and oxygen atoms in total. The Morgan fingerprint density at radius 3 is 2.41 bits per heavy atom. The Hall–Kier alpha value is -3.53. The molecule has 0 fully saturated rings. The van der Waals surface area contributed by atoms with Crippen molar-refractivity contribution in [1.82, 2.24) is 15.0 Å². The van der Waals surface area contributed by atoms with Crippen LogP contribution in [0, 0.1) is 6.92 Å². The summed E-state index contributed by atoms with van der Waals surface area (Å²) in [6.45, 7) is 10.8. The molecular weight excluding hydrogens is 394 g/mol. The zero-order chi connectivity index (χ0) is 22.4. The maximum Gasteiger partial charge on any atom is 0.227 e. The van der Waals surface area contributed by atoms with E-state index in [2.05, 4.69) is 80.1 Å². The standard InChI is InChI=1S/C28H27N3O/c1-16(2)20-14-24(17(3)4)31-25(15-20)19-11-12-29-26(13-19)23-8-6-7-21-22-10-9-18(5)30-28(22)32-27(21)23/h6-17H,1-5H3. The first kappa shape index (κ1) is 20.4. The van der Waals surface area contributed by atoms with E-state index in [1.165, 1.54) is 5.56 Å². The second-order valence-corrected chi connectivity index (χ2v) is 9.04. The summed E-state index contributed by atoms with van der Waals surface area (Å²) in [6, 6.07) is 18.8. The lowest BCUT2D eigenvalue weighted by Gasteiger charge is -2.14. The fourth-order valence-corrected chi connectivity index (χ4v) is 4.06. The molecule has 0 aliphatic rings. The van der Waals surface area contributed by atoms with E-state index in [1.807, 2.05) is 25.3 Å². The Bertz CT molecular complexity index is 1420. The maximum absolute atomic E-state index is 6.20. The number of fused-ring (bicyclic) bond motifs is 3. The van der Waals surface area contributed by atoms with Crippen LogP contribution in [0.4, 0.5) is 0 Å². The molecule has 0 saturated carbocycles. The van der Waals surface area contributed by atoms with Crippen molar-refractivity contribution >= 4 is 22.1 Å². The number of aromatic nitrogens is 3. The number of hydrogen-bond acceptors (Lipinski definition) is 4. The van der Waals surface area contributed by atoms with Crippen LogP contribution in [-0.4, -0.2) is 15.0 Å². The van der Waals surface area contributed by atoms with Crippen LogP contribution in [0.25, 0.3) is 44.6 Å². The number of rotatable bonds is 4. The van der Waals surface area contributed by atoms with Crippen LogP contribution in [0.3, 0.4) is 0 Å². The van der Waals surface area contributed by atoms with Gasteiger partial charge in [-0.25, -0.2) is 4.98 Å². The van der Waals surface area contributed by atoms with Crippen molar-refractivity contribution in [1.29, 1.82) is 0 Å². The van der Waals surface area contributed by atoms with E-state index in [-0.39, 0.29) is 0 Å². The molecule has 0 aliphatic heterocycles. The highest BCUT2D eigenvalue weighted by Gasteiger charge is 2.15. The Balaban J connectivity index is 1.67. The molecule has 0 N–H and O–H groups in total. The Labute approximate surface area is 188 Å². The molecule has 0 bridgehead atoms. The largest absolute Gasteiger partial charge is 0.437 e. The SMILES string of the molecule is Cc1ccc2c(n1)oc1c(-c3cc(-c4cc(C(C)C)cc(C(C)C)n4)ccn3)cccc12. The maximum atomic E-state index is 6.20. The predicted molar refractivity (Wildman–Crippen MR) is 131 cm³/mol. The van der Waals surface area contributed by atoms with E-state index in [9.17, 15) is 0 Å². The van der Waals surface area contributed by atoms with Gasteiger partial charge in [-0.2, -0.15) is 0 Å². The van der Waals surface area contributed by atoms with Gasteiger partial charge in [0, 0.05) is 39.5 Å². The minimum Gasteiger partial charge on any atom is -0.437 e. The molecule has 0 aliphatic carbocycles. The second-order valence-electron chi connectivity index (χ2n) is 9.04. The van der Waals surface area contributed by atoms with Gasteiger partial charge in [-0.3, -0.25) is 9.97 Å². The van der Waals surface area contributed by atoms with E-state index in [0.29, 0.717) is 17.5 Å². The third-order valence-electron chi connectivity index (χ3n) is 5.96. The Morgan fingerprint density at radius 2 is 1.62 bits per heavy atom. The smallest absolute Gasteiger partial charge is 0.227 e. The first-order chi connectivity index (χ1) is 15.4. The molecule has 0 atom stereocenters. The number of furan rings is 1. The summed E-state index contributed by atoms with van der Waals surface area (Å²) >= 11 is 0. The first-order valence-electron chi connectivity index (χ1n) is 11.2. The summed E-state index contributed by atoms with van der Waals surface area (Å²) in [4.78, 5) is 14.2. The number of hydrogen-bond donors (Lipinski definition) is 0. The molecule has 0 unspecified atom stereocenters. The van der Waals surface area contributed by atoms with E-state index in [1.54, 1.807) is 0 Å². The van der Waals surface area contributed by atoms with Gasteiger partial charge in [-0.15, -0.1) is 0 Å². The molecule has 160 valence electrons.